The Morgan fingerprint density at radius 3 is 2.76 bits per heavy atom. The summed E-state index contributed by atoms with van der Waals surface area (Å²) in [5.41, 5.74) is 1.98. The largest absolute Gasteiger partial charge is 0.494 e. The van der Waals surface area contributed by atoms with Crippen LogP contribution in [0, 0.1) is 0 Å². The Kier molecular flexibility index (Phi) is 4.22. The fourth-order valence-electron chi connectivity index (χ4n) is 2.38. The smallest absolute Gasteiger partial charge is 0.235 e. The van der Waals surface area contributed by atoms with E-state index in [4.69, 9.17) is 4.74 Å². The van der Waals surface area contributed by atoms with Gasteiger partial charge in [-0.25, -0.2) is 0 Å². The molecule has 0 saturated heterocycles. The Hall–Kier alpha value is -3.06. The molecule has 0 spiro atoms. The third-order valence-corrected chi connectivity index (χ3v) is 4.40. The maximum Gasteiger partial charge on any atom is 0.235 e. The number of pyridine rings is 1. The lowest BCUT2D eigenvalue weighted by atomic mass is 10.2. The Labute approximate surface area is 148 Å². The van der Waals surface area contributed by atoms with Gasteiger partial charge in [-0.3, -0.25) is 4.98 Å². The second kappa shape index (κ2) is 6.82. The predicted octanol–water partition coefficient (Wildman–Crippen LogP) is 3.82. The van der Waals surface area contributed by atoms with Gasteiger partial charge in [-0.1, -0.05) is 29.5 Å². The van der Waals surface area contributed by atoms with Gasteiger partial charge in [0.1, 0.15) is 10.8 Å². The molecule has 4 aromatic rings. The minimum Gasteiger partial charge on any atom is -0.494 e. The van der Waals surface area contributed by atoms with Gasteiger partial charge in [-0.2, -0.15) is 9.61 Å². The quantitative estimate of drug-likeness (QED) is 0.548. The van der Waals surface area contributed by atoms with Gasteiger partial charge in [-0.15, -0.1) is 10.2 Å². The monoisotopic (exact) mass is 349 g/mol. The molecule has 0 aliphatic rings. The van der Waals surface area contributed by atoms with E-state index in [1.807, 2.05) is 55.5 Å². The molecule has 0 amide bonds. The van der Waals surface area contributed by atoms with Crippen LogP contribution in [0.5, 0.6) is 5.75 Å². The zero-order valence-corrected chi connectivity index (χ0v) is 14.3. The molecule has 7 heteroatoms. The van der Waals surface area contributed by atoms with E-state index in [9.17, 15) is 0 Å². The van der Waals surface area contributed by atoms with Crippen molar-refractivity contribution < 1.29 is 4.74 Å². The van der Waals surface area contributed by atoms with E-state index in [-0.39, 0.29) is 0 Å². The number of ether oxygens (including phenoxy) is 1. The number of benzene rings is 1. The average Bonchev–Trinajstić information content (AvgIpc) is 3.22. The third-order valence-electron chi connectivity index (χ3n) is 3.54. The van der Waals surface area contributed by atoms with Crippen LogP contribution < -0.4 is 4.74 Å². The maximum absolute atomic E-state index is 5.45. The molecule has 0 N–H and O–H groups in total. The first-order valence-corrected chi connectivity index (χ1v) is 8.69. The average molecular weight is 349 g/mol. The second-order valence-corrected chi connectivity index (χ2v) is 6.22. The molecule has 3 heterocycles. The first kappa shape index (κ1) is 15.5. The highest BCUT2D eigenvalue weighted by molar-refractivity contribution is 7.17. The fourth-order valence-corrected chi connectivity index (χ4v) is 3.12. The summed E-state index contributed by atoms with van der Waals surface area (Å²) in [4.78, 5) is 4.88. The van der Waals surface area contributed by atoms with Crippen molar-refractivity contribution in [3.05, 3.63) is 59.4 Å². The first-order chi connectivity index (χ1) is 12.3. The molecule has 3 aromatic heterocycles. The molecule has 124 valence electrons. The molecule has 0 aliphatic carbocycles. The van der Waals surface area contributed by atoms with E-state index in [0.717, 1.165) is 26.8 Å². The van der Waals surface area contributed by atoms with Crippen LogP contribution in [0.1, 0.15) is 17.5 Å². The molecule has 0 bridgehead atoms. The van der Waals surface area contributed by atoms with Crippen molar-refractivity contribution in [3.63, 3.8) is 0 Å². The van der Waals surface area contributed by atoms with Crippen LogP contribution in [0.2, 0.25) is 0 Å². The fraction of sp³-hybridized carbons (Fsp3) is 0.111. The highest BCUT2D eigenvalue weighted by atomic mass is 32.1. The molecular formula is C18H15N5OS. The van der Waals surface area contributed by atoms with Crippen LogP contribution in [0.25, 0.3) is 28.5 Å². The maximum atomic E-state index is 5.45. The lowest BCUT2D eigenvalue weighted by molar-refractivity contribution is 0.340. The van der Waals surface area contributed by atoms with Crippen LogP contribution in [-0.4, -0.2) is 31.4 Å². The van der Waals surface area contributed by atoms with Crippen molar-refractivity contribution in [2.24, 2.45) is 0 Å². The first-order valence-electron chi connectivity index (χ1n) is 7.87. The molecule has 4 rings (SSSR count). The van der Waals surface area contributed by atoms with Gasteiger partial charge < -0.3 is 4.74 Å². The summed E-state index contributed by atoms with van der Waals surface area (Å²) >= 11 is 1.49. The summed E-state index contributed by atoms with van der Waals surface area (Å²) in [5, 5.41) is 13.8. The van der Waals surface area contributed by atoms with Gasteiger partial charge in [0.15, 0.2) is 5.82 Å². The Morgan fingerprint density at radius 2 is 2.00 bits per heavy atom. The summed E-state index contributed by atoms with van der Waals surface area (Å²) in [6.07, 6.45) is 7.48. The minimum absolute atomic E-state index is 0.668. The van der Waals surface area contributed by atoms with Crippen LogP contribution >= 0.6 is 11.3 Å². The normalized spacial score (nSPS) is 11.4. The van der Waals surface area contributed by atoms with Gasteiger partial charge >= 0.3 is 0 Å². The zero-order chi connectivity index (χ0) is 17.1. The summed E-state index contributed by atoms with van der Waals surface area (Å²) < 4.78 is 7.20. The van der Waals surface area contributed by atoms with Crippen molar-refractivity contribution >= 4 is 28.4 Å². The summed E-state index contributed by atoms with van der Waals surface area (Å²) in [5.74, 6) is 1.57. The topological polar surface area (TPSA) is 65.2 Å². The van der Waals surface area contributed by atoms with Gasteiger partial charge in [0, 0.05) is 18.0 Å². The van der Waals surface area contributed by atoms with E-state index < -0.39 is 0 Å². The highest BCUT2D eigenvalue weighted by Crippen LogP contribution is 2.22. The second-order valence-electron chi connectivity index (χ2n) is 5.24. The van der Waals surface area contributed by atoms with Crippen LogP contribution in [0.3, 0.4) is 0 Å². The highest BCUT2D eigenvalue weighted by Gasteiger charge is 2.12. The SMILES string of the molecule is CCOc1ccc(/C=C/c2nn3c(-c4cccnc4)nnc3s2)cc1. The number of aromatic nitrogens is 5. The number of nitrogens with zero attached hydrogens (tertiary/aromatic N) is 5. The van der Waals surface area contributed by atoms with Crippen molar-refractivity contribution in [3.8, 4) is 17.1 Å². The van der Waals surface area contributed by atoms with Crippen molar-refractivity contribution in [1.29, 1.82) is 0 Å². The molecular weight excluding hydrogens is 334 g/mol. The van der Waals surface area contributed by atoms with E-state index in [1.54, 1.807) is 16.9 Å². The van der Waals surface area contributed by atoms with E-state index in [1.165, 1.54) is 11.3 Å². The minimum atomic E-state index is 0.668. The van der Waals surface area contributed by atoms with Gasteiger partial charge in [-0.05, 0) is 42.8 Å². The molecule has 0 saturated carbocycles. The Morgan fingerprint density at radius 1 is 1.12 bits per heavy atom. The molecule has 0 fully saturated rings. The summed E-state index contributed by atoms with van der Waals surface area (Å²) in [7, 11) is 0. The summed E-state index contributed by atoms with van der Waals surface area (Å²) in [6, 6.07) is 11.8. The third kappa shape index (κ3) is 3.27. The van der Waals surface area contributed by atoms with Crippen molar-refractivity contribution in [1.82, 2.24) is 24.8 Å². The van der Waals surface area contributed by atoms with E-state index >= 15 is 0 Å². The predicted molar refractivity (Wildman–Crippen MR) is 98.4 cm³/mol. The molecule has 0 atom stereocenters. The molecule has 1 aromatic carbocycles. The zero-order valence-electron chi connectivity index (χ0n) is 13.5. The molecule has 25 heavy (non-hydrogen) atoms. The van der Waals surface area contributed by atoms with Crippen LogP contribution in [0.15, 0.2) is 48.8 Å². The Balaban J connectivity index is 1.59. The van der Waals surface area contributed by atoms with Crippen LogP contribution in [0.4, 0.5) is 0 Å². The number of hydrogen-bond donors (Lipinski definition) is 0. The molecule has 6 nitrogen and oxygen atoms in total. The number of fused-ring (bicyclic) bond motifs is 1. The van der Waals surface area contributed by atoms with Crippen molar-refractivity contribution in [2.75, 3.05) is 6.61 Å². The van der Waals surface area contributed by atoms with E-state index in [0.29, 0.717) is 12.4 Å². The van der Waals surface area contributed by atoms with Crippen molar-refractivity contribution in [2.45, 2.75) is 6.92 Å². The molecule has 0 unspecified atom stereocenters. The number of hydrogen-bond acceptors (Lipinski definition) is 6. The van der Waals surface area contributed by atoms with Gasteiger partial charge in [0.2, 0.25) is 4.96 Å². The van der Waals surface area contributed by atoms with E-state index in [2.05, 4.69) is 20.3 Å². The summed E-state index contributed by atoms with van der Waals surface area (Å²) in [6.45, 7) is 2.64. The Bertz CT molecular complexity index is 1010. The van der Waals surface area contributed by atoms with Crippen LogP contribution in [-0.2, 0) is 0 Å². The lowest BCUT2D eigenvalue weighted by Gasteiger charge is -2.01. The molecule has 0 radical (unpaired) electrons. The van der Waals surface area contributed by atoms with Gasteiger partial charge in [0.05, 0.1) is 6.61 Å². The number of rotatable bonds is 5. The van der Waals surface area contributed by atoms with Gasteiger partial charge in [0.25, 0.3) is 0 Å². The lowest BCUT2D eigenvalue weighted by Crippen LogP contribution is -1.91. The standard InChI is InChI=1S/C18H15N5OS/c1-2-24-15-8-5-13(6-9-15)7-10-16-22-23-17(20-21-18(23)25-16)14-4-3-11-19-12-14/h3-12H,2H2,1H3/b10-7+. The molecule has 0 aliphatic heterocycles.